The van der Waals surface area contributed by atoms with Crippen LogP contribution in [0.3, 0.4) is 0 Å². The van der Waals surface area contributed by atoms with Crippen molar-refractivity contribution in [1.29, 1.82) is 0 Å². The summed E-state index contributed by atoms with van der Waals surface area (Å²) in [4.78, 5) is 12.2. The van der Waals surface area contributed by atoms with E-state index in [-0.39, 0.29) is 15.5 Å². The van der Waals surface area contributed by atoms with Gasteiger partial charge in [-0.3, -0.25) is 0 Å². The monoisotopic (exact) mass is 437 g/mol. The number of nitrogens with one attached hydrogen (secondary N) is 2. The molecule has 10 heteroatoms. The molecule has 0 bridgehead atoms. The molecule has 156 valence electrons. The summed E-state index contributed by atoms with van der Waals surface area (Å²) >= 11 is 0. The van der Waals surface area contributed by atoms with E-state index in [4.69, 9.17) is 0 Å². The number of urea groups is 1. The van der Waals surface area contributed by atoms with E-state index in [1.54, 1.807) is 12.1 Å². The summed E-state index contributed by atoms with van der Waals surface area (Å²) in [5, 5.41) is 2.40. The predicted molar refractivity (Wildman–Crippen MR) is 110 cm³/mol. The van der Waals surface area contributed by atoms with Crippen molar-refractivity contribution in [1.82, 2.24) is 9.03 Å². The number of benzene rings is 2. The Hall–Kier alpha value is -2.43. The van der Waals surface area contributed by atoms with Crippen LogP contribution in [0, 0.1) is 6.92 Å². The summed E-state index contributed by atoms with van der Waals surface area (Å²) in [6.07, 6.45) is 2.71. The molecule has 1 fully saturated rings. The van der Waals surface area contributed by atoms with Crippen LogP contribution in [-0.4, -0.2) is 40.3 Å². The first kappa shape index (κ1) is 21.3. The minimum atomic E-state index is -4.01. The van der Waals surface area contributed by atoms with E-state index in [2.05, 4.69) is 5.32 Å². The summed E-state index contributed by atoms with van der Waals surface area (Å²) in [6.45, 7) is 2.83. The highest BCUT2D eigenvalue weighted by Crippen LogP contribution is 2.22. The molecule has 2 aromatic rings. The van der Waals surface area contributed by atoms with Crippen LogP contribution in [0.5, 0.6) is 0 Å². The highest BCUT2D eigenvalue weighted by atomic mass is 32.2. The number of sulfonamides is 2. The number of hydrogen-bond donors (Lipinski definition) is 2. The van der Waals surface area contributed by atoms with Crippen LogP contribution in [0.2, 0.25) is 0 Å². The Bertz CT molecular complexity index is 1070. The molecule has 0 aliphatic carbocycles. The Balaban J connectivity index is 1.66. The van der Waals surface area contributed by atoms with Gasteiger partial charge >= 0.3 is 6.03 Å². The Morgan fingerprint density at radius 1 is 0.828 bits per heavy atom. The Morgan fingerprint density at radius 2 is 1.38 bits per heavy atom. The zero-order valence-electron chi connectivity index (χ0n) is 16.0. The lowest BCUT2D eigenvalue weighted by atomic mass is 10.2. The topological polar surface area (TPSA) is 113 Å². The van der Waals surface area contributed by atoms with Crippen LogP contribution in [-0.2, 0) is 20.0 Å². The Labute approximate surface area is 171 Å². The van der Waals surface area contributed by atoms with Crippen LogP contribution in [0.25, 0.3) is 0 Å². The Kier molecular flexibility index (Phi) is 6.25. The van der Waals surface area contributed by atoms with Gasteiger partial charge in [-0.1, -0.05) is 24.1 Å². The fraction of sp³-hybridized carbons (Fsp3) is 0.316. The molecule has 0 spiro atoms. The van der Waals surface area contributed by atoms with Gasteiger partial charge in [0.15, 0.2) is 0 Å². The van der Waals surface area contributed by atoms with Gasteiger partial charge in [0.2, 0.25) is 10.0 Å². The first-order valence-electron chi connectivity index (χ1n) is 9.19. The van der Waals surface area contributed by atoms with Gasteiger partial charge in [-0.25, -0.2) is 26.4 Å². The van der Waals surface area contributed by atoms with Gasteiger partial charge in [0.25, 0.3) is 10.0 Å². The number of hydrogen-bond acceptors (Lipinski definition) is 5. The van der Waals surface area contributed by atoms with Crippen LogP contribution < -0.4 is 10.0 Å². The van der Waals surface area contributed by atoms with Crippen molar-refractivity contribution in [2.75, 3.05) is 18.4 Å². The number of carbonyl (C=O) groups is 1. The third-order valence-corrected chi connectivity index (χ3v) is 7.88. The number of piperidine rings is 1. The molecule has 2 amide bonds. The van der Waals surface area contributed by atoms with Crippen molar-refractivity contribution in [2.24, 2.45) is 0 Å². The lowest BCUT2D eigenvalue weighted by Gasteiger charge is -2.25. The van der Waals surface area contributed by atoms with E-state index in [9.17, 15) is 21.6 Å². The molecular weight excluding hydrogens is 414 g/mol. The van der Waals surface area contributed by atoms with E-state index < -0.39 is 26.1 Å². The molecule has 1 saturated heterocycles. The van der Waals surface area contributed by atoms with Gasteiger partial charge in [0.1, 0.15) is 0 Å². The Morgan fingerprint density at radius 3 is 1.97 bits per heavy atom. The van der Waals surface area contributed by atoms with E-state index in [0.29, 0.717) is 13.1 Å². The molecule has 1 aliphatic rings. The van der Waals surface area contributed by atoms with Gasteiger partial charge in [-0.2, -0.15) is 4.31 Å². The zero-order chi connectivity index (χ0) is 21.1. The second-order valence-electron chi connectivity index (χ2n) is 6.86. The summed E-state index contributed by atoms with van der Waals surface area (Å²) < 4.78 is 53.2. The average molecular weight is 438 g/mol. The standard InChI is InChI=1S/C19H23N3O5S2/c1-15-5-9-17(10-6-15)28(24,25)21-19(23)20-16-7-11-18(12-8-16)29(26,27)22-13-3-2-4-14-22/h5-12H,2-4,13-14H2,1H3,(H2,20,21,23). The maximum absolute atomic E-state index is 12.6. The molecule has 0 radical (unpaired) electrons. The molecule has 0 atom stereocenters. The molecule has 2 aromatic carbocycles. The van der Waals surface area contributed by atoms with Crippen molar-refractivity contribution in [3.05, 3.63) is 54.1 Å². The largest absolute Gasteiger partial charge is 0.333 e. The lowest BCUT2D eigenvalue weighted by Crippen LogP contribution is -2.35. The van der Waals surface area contributed by atoms with Crippen molar-refractivity contribution in [2.45, 2.75) is 36.0 Å². The number of rotatable bonds is 5. The first-order chi connectivity index (χ1) is 13.7. The molecule has 0 aromatic heterocycles. The fourth-order valence-electron chi connectivity index (χ4n) is 3.02. The van der Waals surface area contributed by atoms with Crippen LogP contribution in [0.15, 0.2) is 58.3 Å². The predicted octanol–water partition coefficient (Wildman–Crippen LogP) is 2.68. The SMILES string of the molecule is Cc1ccc(S(=O)(=O)NC(=O)Nc2ccc(S(=O)(=O)N3CCCCC3)cc2)cc1. The molecule has 8 nitrogen and oxygen atoms in total. The first-order valence-corrected chi connectivity index (χ1v) is 12.1. The van der Waals surface area contributed by atoms with Gasteiger partial charge in [-0.15, -0.1) is 0 Å². The normalized spacial score (nSPS) is 15.6. The summed E-state index contributed by atoms with van der Waals surface area (Å²) in [7, 11) is -7.57. The maximum Gasteiger partial charge on any atom is 0.333 e. The van der Waals surface area contributed by atoms with Crippen LogP contribution in [0.1, 0.15) is 24.8 Å². The molecule has 1 heterocycles. The molecule has 1 aliphatic heterocycles. The minimum Gasteiger partial charge on any atom is -0.307 e. The molecule has 0 unspecified atom stereocenters. The average Bonchev–Trinajstić information content (AvgIpc) is 2.69. The van der Waals surface area contributed by atoms with Crippen molar-refractivity contribution >= 4 is 31.8 Å². The quantitative estimate of drug-likeness (QED) is 0.747. The lowest BCUT2D eigenvalue weighted by molar-refractivity contribution is 0.256. The van der Waals surface area contributed by atoms with Gasteiger partial charge in [0, 0.05) is 18.8 Å². The van der Waals surface area contributed by atoms with E-state index >= 15 is 0 Å². The molecule has 2 N–H and O–H groups in total. The fourth-order valence-corrected chi connectivity index (χ4v) is 5.44. The number of carbonyl (C=O) groups excluding carboxylic acids is 1. The molecular formula is C19H23N3O5S2. The number of aryl methyl sites for hydroxylation is 1. The second kappa shape index (κ2) is 8.52. The number of nitrogens with zero attached hydrogens (tertiary/aromatic N) is 1. The van der Waals surface area contributed by atoms with Crippen molar-refractivity contribution in [3.63, 3.8) is 0 Å². The number of anilines is 1. The van der Waals surface area contributed by atoms with Crippen molar-refractivity contribution in [3.8, 4) is 0 Å². The third kappa shape index (κ3) is 5.14. The van der Waals surface area contributed by atoms with Gasteiger partial charge in [-0.05, 0) is 56.2 Å². The second-order valence-corrected chi connectivity index (χ2v) is 10.5. The molecule has 0 saturated carbocycles. The zero-order valence-corrected chi connectivity index (χ0v) is 17.6. The van der Waals surface area contributed by atoms with E-state index in [1.807, 2.05) is 11.6 Å². The molecule has 29 heavy (non-hydrogen) atoms. The summed E-state index contributed by atoms with van der Waals surface area (Å²) in [5.74, 6) is 0. The third-order valence-electron chi connectivity index (χ3n) is 4.62. The van der Waals surface area contributed by atoms with Gasteiger partial charge in [0.05, 0.1) is 9.79 Å². The van der Waals surface area contributed by atoms with Gasteiger partial charge < -0.3 is 5.32 Å². The van der Waals surface area contributed by atoms with Crippen molar-refractivity contribution < 1.29 is 21.6 Å². The highest BCUT2D eigenvalue weighted by Gasteiger charge is 2.25. The van der Waals surface area contributed by atoms with E-state index in [0.717, 1.165) is 24.8 Å². The smallest absolute Gasteiger partial charge is 0.307 e. The summed E-state index contributed by atoms with van der Waals surface area (Å²) in [6, 6.07) is 10.8. The highest BCUT2D eigenvalue weighted by molar-refractivity contribution is 7.90. The number of amides is 2. The van der Waals surface area contributed by atoms with E-state index in [1.165, 1.54) is 40.7 Å². The maximum atomic E-state index is 12.6. The summed E-state index contributed by atoms with van der Waals surface area (Å²) in [5.41, 5.74) is 1.17. The van der Waals surface area contributed by atoms with Crippen LogP contribution in [0.4, 0.5) is 10.5 Å². The molecule has 3 rings (SSSR count). The van der Waals surface area contributed by atoms with Crippen LogP contribution >= 0.6 is 0 Å². The minimum absolute atomic E-state index is 0.0266.